The number of hydrogen-bond acceptors (Lipinski definition) is 3. The van der Waals surface area contributed by atoms with E-state index in [1.54, 1.807) is 0 Å². The molecule has 0 unspecified atom stereocenters. The quantitative estimate of drug-likeness (QED) is 0.690. The third-order valence-corrected chi connectivity index (χ3v) is 2.08. The Labute approximate surface area is 85.4 Å². The first-order valence-electron chi connectivity index (χ1n) is 3.83. The molecule has 3 nitrogen and oxygen atoms in total. The lowest BCUT2D eigenvalue weighted by atomic mass is 10.1. The van der Waals surface area contributed by atoms with Gasteiger partial charge in [-0.15, -0.1) is 12.4 Å². The fraction of sp³-hybridized carbons (Fsp3) is 0.857. The molecule has 1 aliphatic rings. The molecule has 0 bridgehead atoms. The van der Waals surface area contributed by atoms with Crippen molar-refractivity contribution < 1.29 is 22.7 Å². The summed E-state index contributed by atoms with van der Waals surface area (Å²) in [6.07, 6.45) is -4.45. The number of ether oxygens (including phenoxy) is 1. The Hall–Kier alpha value is -0.490. The fourth-order valence-electron chi connectivity index (χ4n) is 1.31. The van der Waals surface area contributed by atoms with Crippen molar-refractivity contribution in [1.29, 1.82) is 0 Å². The van der Waals surface area contributed by atoms with Crippen LogP contribution in [0.4, 0.5) is 13.2 Å². The van der Waals surface area contributed by atoms with Crippen LogP contribution in [0.1, 0.15) is 6.42 Å². The van der Waals surface area contributed by atoms with Crippen LogP contribution in [0.25, 0.3) is 0 Å². The number of nitrogens with one attached hydrogen (secondary N) is 1. The second kappa shape index (κ2) is 4.84. The van der Waals surface area contributed by atoms with Gasteiger partial charge >= 0.3 is 12.1 Å². The van der Waals surface area contributed by atoms with E-state index in [9.17, 15) is 18.0 Å². The minimum Gasteiger partial charge on any atom is -0.468 e. The maximum Gasteiger partial charge on any atom is 0.393 e. The number of rotatable bonds is 1. The zero-order valence-corrected chi connectivity index (χ0v) is 8.24. The lowest BCUT2D eigenvalue weighted by Gasteiger charge is -2.12. The van der Waals surface area contributed by atoms with Crippen LogP contribution in [-0.2, 0) is 9.53 Å². The molecule has 0 saturated carbocycles. The summed E-state index contributed by atoms with van der Waals surface area (Å²) in [6.45, 7) is -0.205. The van der Waals surface area contributed by atoms with Crippen LogP contribution in [0.5, 0.6) is 0 Å². The molecule has 0 spiro atoms. The molecule has 1 heterocycles. The van der Waals surface area contributed by atoms with Gasteiger partial charge in [0, 0.05) is 6.54 Å². The average Bonchev–Trinajstić information content (AvgIpc) is 2.50. The van der Waals surface area contributed by atoms with Crippen molar-refractivity contribution in [2.24, 2.45) is 5.92 Å². The molecule has 0 aromatic rings. The van der Waals surface area contributed by atoms with Crippen molar-refractivity contribution in [3.8, 4) is 0 Å². The molecule has 7 heteroatoms. The molecule has 0 amide bonds. The Morgan fingerprint density at radius 3 is 2.43 bits per heavy atom. The minimum absolute atomic E-state index is 0. The molecule has 1 saturated heterocycles. The molecule has 0 aromatic heterocycles. The van der Waals surface area contributed by atoms with Crippen LogP contribution in [0, 0.1) is 5.92 Å². The van der Waals surface area contributed by atoms with Crippen LogP contribution >= 0.6 is 12.4 Å². The maximum absolute atomic E-state index is 12.1. The number of hydrogen-bond donors (Lipinski definition) is 1. The van der Waals surface area contributed by atoms with E-state index >= 15 is 0 Å². The first-order chi connectivity index (χ1) is 5.95. The van der Waals surface area contributed by atoms with Crippen molar-refractivity contribution >= 4 is 18.4 Å². The molecule has 1 fully saturated rings. The third-order valence-electron chi connectivity index (χ3n) is 2.08. The van der Waals surface area contributed by atoms with Gasteiger partial charge in [-0.05, 0) is 6.42 Å². The van der Waals surface area contributed by atoms with Crippen LogP contribution < -0.4 is 5.32 Å². The second-order valence-corrected chi connectivity index (χ2v) is 2.96. The highest BCUT2D eigenvalue weighted by Crippen LogP contribution is 2.32. The van der Waals surface area contributed by atoms with Crippen molar-refractivity contribution in [1.82, 2.24) is 5.32 Å². The topological polar surface area (TPSA) is 38.3 Å². The van der Waals surface area contributed by atoms with E-state index in [0.29, 0.717) is 0 Å². The Balaban J connectivity index is 0.00000169. The molecule has 0 aromatic carbocycles. The van der Waals surface area contributed by atoms with Crippen LogP contribution in [-0.4, -0.2) is 31.8 Å². The molecule has 2 atom stereocenters. The molecule has 0 aliphatic carbocycles. The van der Waals surface area contributed by atoms with Crippen LogP contribution in [0.3, 0.4) is 0 Å². The summed E-state index contributed by atoms with van der Waals surface area (Å²) >= 11 is 0. The highest BCUT2D eigenvalue weighted by molar-refractivity contribution is 5.85. The van der Waals surface area contributed by atoms with E-state index in [-0.39, 0.29) is 25.4 Å². The first kappa shape index (κ1) is 13.5. The first-order valence-corrected chi connectivity index (χ1v) is 3.83. The molecular formula is C7H11ClF3NO2. The number of methoxy groups -OCH3 is 1. The summed E-state index contributed by atoms with van der Waals surface area (Å²) in [5.41, 5.74) is 0. The van der Waals surface area contributed by atoms with Gasteiger partial charge in [0.25, 0.3) is 0 Å². The standard InChI is InChI=1S/C7H10F3NO2.ClH/c1-13-6(12)5-2-4(3-11-5)7(8,9)10;/h4-5,11H,2-3H2,1H3;1H/t4-,5-;/m1./s1. The predicted octanol–water partition coefficient (Wildman–Crippen LogP) is 1.12. The van der Waals surface area contributed by atoms with Gasteiger partial charge in [0.2, 0.25) is 0 Å². The van der Waals surface area contributed by atoms with E-state index in [4.69, 9.17) is 0 Å². The molecule has 1 N–H and O–H groups in total. The van der Waals surface area contributed by atoms with Crippen molar-refractivity contribution in [2.45, 2.75) is 18.6 Å². The Bertz CT molecular complexity index is 210. The largest absolute Gasteiger partial charge is 0.468 e. The SMILES string of the molecule is COC(=O)[C@H]1C[C@@H](C(F)(F)F)CN1.Cl. The third kappa shape index (κ3) is 3.02. The molecule has 84 valence electrons. The van der Waals surface area contributed by atoms with Gasteiger partial charge in [-0.25, -0.2) is 0 Å². The molecule has 14 heavy (non-hydrogen) atoms. The van der Waals surface area contributed by atoms with E-state index in [1.165, 1.54) is 0 Å². The van der Waals surface area contributed by atoms with Crippen LogP contribution in [0.15, 0.2) is 0 Å². The minimum atomic E-state index is -4.23. The van der Waals surface area contributed by atoms with E-state index in [1.807, 2.05) is 0 Å². The number of alkyl halides is 3. The molecule has 1 aliphatic heterocycles. The van der Waals surface area contributed by atoms with Crippen molar-refractivity contribution in [3.63, 3.8) is 0 Å². The normalized spacial score (nSPS) is 26.9. The number of halogens is 4. The number of esters is 1. The summed E-state index contributed by atoms with van der Waals surface area (Å²) in [4.78, 5) is 10.8. The van der Waals surface area contributed by atoms with Gasteiger partial charge in [-0.1, -0.05) is 0 Å². The molecule has 0 radical (unpaired) electrons. The molecular weight excluding hydrogens is 223 g/mol. The lowest BCUT2D eigenvalue weighted by molar-refractivity contribution is -0.169. The van der Waals surface area contributed by atoms with E-state index in [2.05, 4.69) is 10.1 Å². The monoisotopic (exact) mass is 233 g/mol. The van der Waals surface area contributed by atoms with E-state index in [0.717, 1.165) is 7.11 Å². The van der Waals surface area contributed by atoms with Gasteiger partial charge < -0.3 is 10.1 Å². The summed E-state index contributed by atoms with van der Waals surface area (Å²) in [5, 5.41) is 2.47. The summed E-state index contributed by atoms with van der Waals surface area (Å²) in [7, 11) is 1.16. The van der Waals surface area contributed by atoms with Gasteiger partial charge in [-0.2, -0.15) is 13.2 Å². The van der Waals surface area contributed by atoms with Crippen LogP contribution in [0.2, 0.25) is 0 Å². The van der Waals surface area contributed by atoms with Crippen molar-refractivity contribution in [3.05, 3.63) is 0 Å². The van der Waals surface area contributed by atoms with E-state index < -0.39 is 24.1 Å². The van der Waals surface area contributed by atoms with Crippen molar-refractivity contribution in [2.75, 3.05) is 13.7 Å². The van der Waals surface area contributed by atoms with Gasteiger partial charge in [-0.3, -0.25) is 4.79 Å². The Kier molecular flexibility index (Phi) is 4.67. The average molecular weight is 234 g/mol. The van der Waals surface area contributed by atoms with Gasteiger partial charge in [0.1, 0.15) is 6.04 Å². The number of carbonyl (C=O) groups is 1. The zero-order valence-electron chi connectivity index (χ0n) is 7.43. The zero-order chi connectivity index (χ0) is 10.1. The smallest absolute Gasteiger partial charge is 0.393 e. The number of carbonyl (C=O) groups excluding carboxylic acids is 1. The highest BCUT2D eigenvalue weighted by atomic mass is 35.5. The summed E-state index contributed by atoms with van der Waals surface area (Å²) in [5.74, 6) is -2.07. The van der Waals surface area contributed by atoms with Gasteiger partial charge in [0.05, 0.1) is 13.0 Å². The highest BCUT2D eigenvalue weighted by Gasteiger charge is 2.45. The summed E-state index contributed by atoms with van der Waals surface area (Å²) < 4.78 is 40.7. The second-order valence-electron chi connectivity index (χ2n) is 2.96. The maximum atomic E-state index is 12.1. The van der Waals surface area contributed by atoms with Gasteiger partial charge in [0.15, 0.2) is 0 Å². The Morgan fingerprint density at radius 2 is 2.07 bits per heavy atom. The summed E-state index contributed by atoms with van der Waals surface area (Å²) in [6, 6.07) is -0.809. The lowest BCUT2D eigenvalue weighted by Crippen LogP contribution is -2.31. The fourth-order valence-corrected chi connectivity index (χ4v) is 1.31. The Morgan fingerprint density at radius 1 is 1.50 bits per heavy atom. The molecule has 1 rings (SSSR count). The predicted molar refractivity (Wildman–Crippen MR) is 45.2 cm³/mol.